The maximum Gasteiger partial charge on any atom is 0.292 e. The van der Waals surface area contributed by atoms with Crippen molar-refractivity contribution in [2.24, 2.45) is 0 Å². The van der Waals surface area contributed by atoms with Gasteiger partial charge in [0.25, 0.3) is 5.69 Å². The van der Waals surface area contributed by atoms with E-state index in [2.05, 4.69) is 6.58 Å². The van der Waals surface area contributed by atoms with Crippen LogP contribution in [0.2, 0.25) is 0 Å². The predicted molar refractivity (Wildman–Crippen MR) is 67.3 cm³/mol. The monoisotopic (exact) mass is 236 g/mol. The van der Waals surface area contributed by atoms with E-state index in [1.807, 2.05) is 13.0 Å². The Hall–Kier alpha value is -1.88. The van der Waals surface area contributed by atoms with E-state index in [1.54, 1.807) is 17.0 Å². The maximum atomic E-state index is 11.0. The number of anilines is 1. The minimum atomic E-state index is -0.407. The molecule has 0 spiro atoms. The minimum absolute atomic E-state index is 0.0558. The predicted octanol–water partition coefficient (Wildman–Crippen LogP) is 1.89. The Labute approximate surface area is 100 Å². The van der Waals surface area contributed by atoms with E-state index in [1.165, 1.54) is 6.07 Å². The lowest BCUT2D eigenvalue weighted by molar-refractivity contribution is -0.384. The highest BCUT2D eigenvalue weighted by atomic mass is 16.6. The van der Waals surface area contributed by atoms with Gasteiger partial charge >= 0.3 is 0 Å². The van der Waals surface area contributed by atoms with Crippen LogP contribution >= 0.6 is 0 Å². The van der Waals surface area contributed by atoms with Crippen molar-refractivity contribution >= 4 is 11.4 Å². The molecule has 92 valence electrons. The van der Waals surface area contributed by atoms with E-state index in [0.29, 0.717) is 18.8 Å². The summed E-state index contributed by atoms with van der Waals surface area (Å²) in [6.45, 7) is 6.19. The molecule has 5 nitrogen and oxygen atoms in total. The topological polar surface area (TPSA) is 66.6 Å². The third-order valence-corrected chi connectivity index (χ3v) is 2.45. The van der Waals surface area contributed by atoms with Gasteiger partial charge in [0.15, 0.2) is 0 Å². The van der Waals surface area contributed by atoms with E-state index in [4.69, 9.17) is 5.11 Å². The quantitative estimate of drug-likeness (QED) is 0.465. The van der Waals surface area contributed by atoms with Gasteiger partial charge in [0.1, 0.15) is 5.69 Å². The van der Waals surface area contributed by atoms with Gasteiger partial charge in [-0.05, 0) is 12.5 Å². The molecule has 5 heteroatoms. The van der Waals surface area contributed by atoms with Gasteiger partial charge in [0.05, 0.1) is 11.5 Å². The Morgan fingerprint density at radius 3 is 2.82 bits per heavy atom. The molecule has 1 rings (SSSR count). The van der Waals surface area contributed by atoms with Crippen LogP contribution in [0.25, 0.3) is 0 Å². The van der Waals surface area contributed by atoms with Gasteiger partial charge < -0.3 is 10.0 Å². The molecule has 0 unspecified atom stereocenters. The number of aliphatic hydroxyl groups is 1. The number of nitrogens with zero attached hydrogens (tertiary/aromatic N) is 2. The zero-order valence-electron chi connectivity index (χ0n) is 9.80. The maximum absolute atomic E-state index is 11.0. The summed E-state index contributed by atoms with van der Waals surface area (Å²) in [5.74, 6) is 0. The summed E-state index contributed by atoms with van der Waals surface area (Å²) in [7, 11) is 0. The molecule has 0 atom stereocenters. The Morgan fingerprint density at radius 2 is 2.29 bits per heavy atom. The normalized spacial score (nSPS) is 10.0. The number of hydrogen-bond donors (Lipinski definition) is 1. The third-order valence-electron chi connectivity index (χ3n) is 2.45. The van der Waals surface area contributed by atoms with Crippen molar-refractivity contribution in [3.05, 3.63) is 46.5 Å². The molecule has 0 amide bonds. The molecule has 0 aromatic heterocycles. The number of aliphatic hydroxyl groups excluding tert-OH is 1. The molecular weight excluding hydrogens is 220 g/mol. The molecule has 1 aromatic rings. The molecule has 0 heterocycles. The Kier molecular flexibility index (Phi) is 4.66. The van der Waals surface area contributed by atoms with Gasteiger partial charge in [-0.2, -0.15) is 0 Å². The number of benzene rings is 1. The van der Waals surface area contributed by atoms with Crippen molar-refractivity contribution in [3.63, 3.8) is 0 Å². The molecule has 0 aliphatic heterocycles. The first-order valence-corrected chi connectivity index (χ1v) is 5.32. The first-order chi connectivity index (χ1) is 8.11. The summed E-state index contributed by atoms with van der Waals surface area (Å²) in [6.07, 6.45) is 1.66. The number of hydrogen-bond acceptors (Lipinski definition) is 4. The molecule has 1 aromatic carbocycles. The fourth-order valence-electron chi connectivity index (χ4n) is 1.77. The van der Waals surface area contributed by atoms with Crippen LogP contribution in [0.5, 0.6) is 0 Å². The summed E-state index contributed by atoms with van der Waals surface area (Å²) in [5.41, 5.74) is 1.42. The van der Waals surface area contributed by atoms with Gasteiger partial charge in [-0.1, -0.05) is 18.2 Å². The van der Waals surface area contributed by atoms with Crippen LogP contribution in [0, 0.1) is 17.0 Å². The van der Waals surface area contributed by atoms with Crippen molar-refractivity contribution in [1.82, 2.24) is 0 Å². The molecular formula is C12H16N2O3. The lowest BCUT2D eigenvalue weighted by Gasteiger charge is -2.23. The van der Waals surface area contributed by atoms with Crippen LogP contribution in [0.3, 0.4) is 0 Å². The van der Waals surface area contributed by atoms with Gasteiger partial charge in [0.2, 0.25) is 0 Å². The summed E-state index contributed by atoms with van der Waals surface area (Å²) >= 11 is 0. The second-order valence-electron chi connectivity index (χ2n) is 3.66. The van der Waals surface area contributed by atoms with E-state index >= 15 is 0 Å². The average Bonchev–Trinajstić information content (AvgIpc) is 2.28. The Balaban J connectivity index is 3.23. The van der Waals surface area contributed by atoms with E-state index in [9.17, 15) is 10.1 Å². The second-order valence-corrected chi connectivity index (χ2v) is 3.66. The number of nitro benzene ring substituents is 1. The molecule has 0 radical (unpaired) electrons. The van der Waals surface area contributed by atoms with E-state index in [-0.39, 0.29) is 12.3 Å². The minimum Gasteiger partial charge on any atom is -0.395 e. The number of rotatable bonds is 6. The zero-order chi connectivity index (χ0) is 12.8. The third kappa shape index (κ3) is 3.04. The molecule has 0 fully saturated rings. The molecule has 0 aliphatic rings. The van der Waals surface area contributed by atoms with Crippen molar-refractivity contribution < 1.29 is 10.0 Å². The lowest BCUT2D eigenvalue weighted by Crippen LogP contribution is -2.28. The standard InChI is InChI=1S/C12H16N2O3/c1-3-7-13(8-9-15)12-10(2)5-4-6-11(12)14(16)17/h3-6,15H,1,7-9H2,2H3. The number of para-hydroxylation sites is 1. The van der Waals surface area contributed by atoms with Crippen LogP contribution in [-0.2, 0) is 0 Å². The fraction of sp³-hybridized carbons (Fsp3) is 0.333. The van der Waals surface area contributed by atoms with Crippen LogP contribution in [0.4, 0.5) is 11.4 Å². The highest BCUT2D eigenvalue weighted by molar-refractivity contribution is 5.67. The van der Waals surface area contributed by atoms with E-state index in [0.717, 1.165) is 5.56 Å². The summed E-state index contributed by atoms with van der Waals surface area (Å²) < 4.78 is 0. The highest BCUT2D eigenvalue weighted by Crippen LogP contribution is 2.31. The van der Waals surface area contributed by atoms with Crippen LogP contribution < -0.4 is 4.90 Å². The number of nitro groups is 1. The zero-order valence-corrected chi connectivity index (χ0v) is 9.80. The van der Waals surface area contributed by atoms with Crippen molar-refractivity contribution in [2.45, 2.75) is 6.92 Å². The van der Waals surface area contributed by atoms with Gasteiger partial charge in [-0.25, -0.2) is 0 Å². The van der Waals surface area contributed by atoms with Gasteiger partial charge in [-0.15, -0.1) is 6.58 Å². The van der Waals surface area contributed by atoms with Crippen molar-refractivity contribution in [3.8, 4) is 0 Å². The van der Waals surface area contributed by atoms with Crippen LogP contribution in [-0.4, -0.2) is 29.7 Å². The number of aryl methyl sites for hydroxylation is 1. The molecule has 0 saturated carbocycles. The smallest absolute Gasteiger partial charge is 0.292 e. The van der Waals surface area contributed by atoms with Crippen LogP contribution in [0.1, 0.15) is 5.56 Å². The average molecular weight is 236 g/mol. The van der Waals surface area contributed by atoms with Gasteiger partial charge in [-0.3, -0.25) is 10.1 Å². The van der Waals surface area contributed by atoms with Crippen LogP contribution in [0.15, 0.2) is 30.9 Å². The lowest BCUT2D eigenvalue weighted by atomic mass is 10.1. The molecule has 0 bridgehead atoms. The van der Waals surface area contributed by atoms with E-state index < -0.39 is 4.92 Å². The first kappa shape index (κ1) is 13.2. The molecule has 17 heavy (non-hydrogen) atoms. The molecule has 0 aliphatic carbocycles. The molecule has 1 N–H and O–H groups in total. The Morgan fingerprint density at radius 1 is 1.59 bits per heavy atom. The first-order valence-electron chi connectivity index (χ1n) is 5.32. The summed E-state index contributed by atoms with van der Waals surface area (Å²) in [4.78, 5) is 12.3. The second kappa shape index (κ2) is 6.00. The Bertz CT molecular complexity index is 418. The van der Waals surface area contributed by atoms with Crippen molar-refractivity contribution in [2.75, 3.05) is 24.6 Å². The summed E-state index contributed by atoms with van der Waals surface area (Å²) in [6, 6.07) is 4.94. The molecule has 0 saturated heterocycles. The largest absolute Gasteiger partial charge is 0.395 e. The SMILES string of the molecule is C=CCN(CCO)c1c(C)cccc1[N+](=O)[O-]. The fourth-order valence-corrected chi connectivity index (χ4v) is 1.77. The highest BCUT2D eigenvalue weighted by Gasteiger charge is 2.20. The van der Waals surface area contributed by atoms with Crippen molar-refractivity contribution in [1.29, 1.82) is 0 Å². The van der Waals surface area contributed by atoms with Gasteiger partial charge in [0, 0.05) is 19.2 Å². The summed E-state index contributed by atoms with van der Waals surface area (Å²) in [5, 5.41) is 20.0.